The van der Waals surface area contributed by atoms with Crippen molar-refractivity contribution in [3.05, 3.63) is 235 Å². The lowest BCUT2D eigenvalue weighted by Gasteiger charge is -2.18. The van der Waals surface area contributed by atoms with Gasteiger partial charge in [-0.05, 0) is 123 Å². The maximum atomic E-state index is 9.95. The fourth-order valence-corrected chi connectivity index (χ4v) is 11.3. The Hall–Kier alpha value is -9.74. The first-order valence-electron chi connectivity index (χ1n) is 23.5. The molecule has 4 heteroatoms. The van der Waals surface area contributed by atoms with Crippen molar-refractivity contribution >= 4 is 38.1 Å². The summed E-state index contributed by atoms with van der Waals surface area (Å²) in [7, 11) is 0. The van der Waals surface area contributed by atoms with Crippen molar-refractivity contribution < 1.29 is 0 Å². The van der Waals surface area contributed by atoms with Gasteiger partial charge in [-0.15, -0.1) is 0 Å². The van der Waals surface area contributed by atoms with Crippen molar-refractivity contribution in [2.24, 2.45) is 0 Å². The molecule has 1 aromatic heterocycles. The van der Waals surface area contributed by atoms with Crippen LogP contribution < -0.4 is 0 Å². The summed E-state index contributed by atoms with van der Waals surface area (Å²) in [6.07, 6.45) is 0. The lowest BCUT2D eigenvalue weighted by molar-refractivity contribution is 1.23. The average Bonchev–Trinajstić information content (AvgIpc) is 3.94. The molecule has 11 aromatic carbocycles. The Morgan fingerprint density at radius 1 is 0.343 bits per heavy atom. The number of hydrogen-bond acceptors (Lipinski definition) is 3. The number of nitriles is 1. The summed E-state index contributed by atoms with van der Waals surface area (Å²) in [6, 6.07) is 79.2. The van der Waals surface area contributed by atoms with Crippen LogP contribution >= 0.6 is 0 Å². The van der Waals surface area contributed by atoms with E-state index in [1.165, 1.54) is 66.1 Å². The highest BCUT2D eigenvalue weighted by atomic mass is 14.9. The quantitative estimate of drug-likeness (QED) is 0.156. The molecule has 0 saturated carbocycles. The molecule has 2 aliphatic carbocycles. The minimum absolute atomic E-state index is 0.598. The third kappa shape index (κ3) is 5.88. The average molecular weight is 885 g/mol. The van der Waals surface area contributed by atoms with Crippen molar-refractivity contribution in [3.8, 4) is 118 Å². The summed E-state index contributed by atoms with van der Waals surface area (Å²) in [6.45, 7) is 7.89. The van der Waals surface area contributed by atoms with Gasteiger partial charge in [0.2, 0.25) is 0 Å². The Morgan fingerprint density at radius 3 is 1.43 bits per heavy atom. The van der Waals surface area contributed by atoms with E-state index >= 15 is 0 Å². The van der Waals surface area contributed by atoms with Gasteiger partial charge < -0.3 is 0 Å². The maximum absolute atomic E-state index is 9.95. The van der Waals surface area contributed by atoms with Gasteiger partial charge in [0.25, 0.3) is 0 Å². The fourth-order valence-electron chi connectivity index (χ4n) is 11.3. The van der Waals surface area contributed by atoms with Gasteiger partial charge >= 0.3 is 0 Å². The van der Waals surface area contributed by atoms with Crippen LogP contribution in [-0.4, -0.2) is 9.97 Å². The van der Waals surface area contributed by atoms with Crippen molar-refractivity contribution in [2.45, 2.75) is 0 Å². The molecule has 0 spiro atoms. The standard InChI is InChI=1S/C66H36N4/c1-68-61-23-9-8-14-47(61)40-24-28-41(29-25-40)64-60-37-44(46-32-34-57-50-17-6-4-15-48(50)54-20-10-19-53(46)62(54)57)36-59(52-33-35-58-51-18-7-5-16-49(51)55-21-11-22-56(52)63(55)58)65(60)70-66(69-64)42-30-26-39(27-31-42)45-13-3-2-12-43(45)38-67/h2-37H. The molecule has 14 rings (SSSR count). The van der Waals surface area contributed by atoms with Crippen LogP contribution in [0.3, 0.4) is 0 Å². The van der Waals surface area contributed by atoms with Crippen LogP contribution in [0, 0.1) is 17.9 Å². The summed E-state index contributed by atoms with van der Waals surface area (Å²) in [5.41, 5.74) is 22.8. The molecule has 0 amide bonds. The fraction of sp³-hybridized carbons (Fsp3) is 0. The first-order valence-corrected chi connectivity index (χ1v) is 23.5. The van der Waals surface area contributed by atoms with E-state index in [-0.39, 0.29) is 0 Å². The third-order valence-electron chi connectivity index (χ3n) is 14.5. The van der Waals surface area contributed by atoms with Crippen molar-refractivity contribution in [1.82, 2.24) is 9.97 Å². The second kappa shape index (κ2) is 15.4. The molecule has 0 bridgehead atoms. The number of nitrogens with zero attached hydrogens (tertiary/aromatic N) is 4. The molecule has 1 heterocycles. The van der Waals surface area contributed by atoms with E-state index in [4.69, 9.17) is 16.5 Å². The van der Waals surface area contributed by atoms with Crippen LogP contribution in [0.25, 0.3) is 149 Å². The number of para-hydroxylation sites is 1. The molecule has 320 valence electrons. The summed E-state index contributed by atoms with van der Waals surface area (Å²) < 4.78 is 0. The molecule has 0 fully saturated rings. The number of rotatable bonds is 6. The molecule has 2 aliphatic rings. The first kappa shape index (κ1) is 39.4. The third-order valence-corrected chi connectivity index (χ3v) is 14.5. The molecule has 0 unspecified atom stereocenters. The predicted molar refractivity (Wildman–Crippen MR) is 287 cm³/mol. The van der Waals surface area contributed by atoms with Gasteiger partial charge in [0.15, 0.2) is 11.5 Å². The van der Waals surface area contributed by atoms with Gasteiger partial charge in [0.1, 0.15) is 0 Å². The number of fused-ring (bicyclic) bond motifs is 7. The Bertz CT molecular complexity index is 4240. The zero-order valence-electron chi connectivity index (χ0n) is 37.6. The molecular formula is C66H36N4. The summed E-state index contributed by atoms with van der Waals surface area (Å²) >= 11 is 0. The zero-order chi connectivity index (χ0) is 46.5. The summed E-state index contributed by atoms with van der Waals surface area (Å²) in [5, 5.41) is 15.8. The topological polar surface area (TPSA) is 53.9 Å². The van der Waals surface area contributed by atoms with E-state index in [0.29, 0.717) is 17.1 Å². The van der Waals surface area contributed by atoms with E-state index in [2.05, 4.69) is 181 Å². The van der Waals surface area contributed by atoms with Crippen molar-refractivity contribution in [2.75, 3.05) is 0 Å². The van der Waals surface area contributed by atoms with Gasteiger partial charge in [0.05, 0.1) is 29.4 Å². The largest absolute Gasteiger partial charge is 0.238 e. The molecule has 0 N–H and O–H groups in total. The van der Waals surface area contributed by atoms with Crippen LogP contribution in [0.1, 0.15) is 5.56 Å². The molecule has 70 heavy (non-hydrogen) atoms. The van der Waals surface area contributed by atoms with E-state index in [1.54, 1.807) is 0 Å². The molecule has 0 aliphatic heterocycles. The van der Waals surface area contributed by atoms with Gasteiger partial charge in [-0.3, -0.25) is 0 Å². The van der Waals surface area contributed by atoms with Crippen LogP contribution in [0.2, 0.25) is 0 Å². The van der Waals surface area contributed by atoms with E-state index < -0.39 is 0 Å². The monoisotopic (exact) mass is 884 g/mol. The highest BCUT2D eigenvalue weighted by Crippen LogP contribution is 2.53. The van der Waals surface area contributed by atoms with Gasteiger partial charge in [-0.25, -0.2) is 14.8 Å². The minimum Gasteiger partial charge on any atom is -0.238 e. The Kier molecular flexibility index (Phi) is 8.68. The zero-order valence-corrected chi connectivity index (χ0v) is 37.6. The highest BCUT2D eigenvalue weighted by molar-refractivity contribution is 6.22. The summed E-state index contributed by atoms with van der Waals surface area (Å²) in [4.78, 5) is 15.0. The van der Waals surface area contributed by atoms with Gasteiger partial charge in [-0.1, -0.05) is 200 Å². The van der Waals surface area contributed by atoms with Crippen LogP contribution in [0.4, 0.5) is 5.69 Å². The lowest BCUT2D eigenvalue weighted by atomic mass is 9.88. The summed E-state index contributed by atoms with van der Waals surface area (Å²) in [5.74, 6) is 0.598. The van der Waals surface area contributed by atoms with E-state index in [9.17, 15) is 5.26 Å². The molecular weight excluding hydrogens is 849 g/mol. The Morgan fingerprint density at radius 2 is 0.814 bits per heavy atom. The highest BCUT2D eigenvalue weighted by Gasteiger charge is 2.27. The first-order chi connectivity index (χ1) is 34.6. The molecule has 12 aromatic rings. The molecule has 0 atom stereocenters. The second-order valence-electron chi connectivity index (χ2n) is 18.1. The molecule has 0 saturated heterocycles. The van der Waals surface area contributed by atoms with Crippen LogP contribution in [0.5, 0.6) is 0 Å². The SMILES string of the molecule is [C-]#[N+]c1ccccc1-c1ccc(-c2nc(-c3ccc(-c4ccccc4C#N)cc3)nc3c(-c4ccc5c6c(cccc46)-c4ccccc4-5)cc(-c4ccc5c6c(cccc46)-c4ccccc4-5)cc23)cc1. The lowest BCUT2D eigenvalue weighted by Crippen LogP contribution is -1.99. The molecule has 0 radical (unpaired) electrons. The normalized spacial score (nSPS) is 11.7. The minimum atomic E-state index is 0.598. The second-order valence-corrected chi connectivity index (χ2v) is 18.1. The number of benzene rings is 11. The van der Waals surface area contributed by atoms with E-state index in [1.807, 2.05) is 48.5 Å². The van der Waals surface area contributed by atoms with Crippen molar-refractivity contribution in [3.63, 3.8) is 0 Å². The van der Waals surface area contributed by atoms with Gasteiger partial charge in [0, 0.05) is 22.1 Å². The predicted octanol–water partition coefficient (Wildman–Crippen LogP) is 17.7. The Labute approximate surface area is 404 Å². The number of hydrogen-bond donors (Lipinski definition) is 0. The molecule has 4 nitrogen and oxygen atoms in total. The van der Waals surface area contributed by atoms with Gasteiger partial charge in [-0.2, -0.15) is 5.26 Å². The van der Waals surface area contributed by atoms with Crippen molar-refractivity contribution in [1.29, 1.82) is 5.26 Å². The maximum Gasteiger partial charge on any atom is 0.194 e. The van der Waals surface area contributed by atoms with Crippen LogP contribution in [0.15, 0.2) is 218 Å². The Balaban J connectivity index is 1.06. The van der Waals surface area contributed by atoms with E-state index in [0.717, 1.165) is 72.2 Å². The number of aromatic nitrogens is 2. The van der Waals surface area contributed by atoms with Crippen LogP contribution in [-0.2, 0) is 0 Å². The smallest absolute Gasteiger partial charge is 0.194 e.